The quantitative estimate of drug-likeness (QED) is 0.309. The Morgan fingerprint density at radius 1 is 1.41 bits per heavy atom. The van der Waals surface area contributed by atoms with Crippen molar-refractivity contribution < 1.29 is 9.15 Å². The minimum Gasteiger partial charge on any atom is -0.469 e. The molecule has 0 spiro atoms. The van der Waals surface area contributed by atoms with E-state index in [2.05, 4.69) is 22.2 Å². The first-order valence-corrected chi connectivity index (χ1v) is 7.65. The molecule has 1 aliphatic heterocycles. The van der Waals surface area contributed by atoms with Gasteiger partial charge in [-0.05, 0) is 31.4 Å². The van der Waals surface area contributed by atoms with E-state index in [4.69, 9.17) is 9.15 Å². The SMILES string of the molecule is C=CCNC(=NCC1CCCCO1)NCCc1ccco1.I. The summed E-state index contributed by atoms with van der Waals surface area (Å²) in [6, 6.07) is 3.88. The average Bonchev–Trinajstić information content (AvgIpc) is 3.04. The van der Waals surface area contributed by atoms with Crippen LogP contribution >= 0.6 is 24.0 Å². The van der Waals surface area contributed by atoms with E-state index in [-0.39, 0.29) is 30.1 Å². The molecule has 1 aliphatic rings. The Morgan fingerprint density at radius 2 is 2.32 bits per heavy atom. The summed E-state index contributed by atoms with van der Waals surface area (Å²) in [6.07, 6.45) is 8.12. The number of aliphatic imine (C=N–C) groups is 1. The normalized spacial score (nSPS) is 18.4. The molecule has 1 atom stereocenters. The minimum absolute atomic E-state index is 0. The zero-order chi connectivity index (χ0) is 14.8. The highest BCUT2D eigenvalue weighted by Gasteiger charge is 2.13. The highest BCUT2D eigenvalue weighted by molar-refractivity contribution is 14.0. The lowest BCUT2D eigenvalue weighted by Gasteiger charge is -2.21. The second-order valence-corrected chi connectivity index (χ2v) is 5.10. The molecule has 0 aromatic carbocycles. The van der Waals surface area contributed by atoms with Gasteiger partial charge in [0.15, 0.2) is 5.96 Å². The molecule has 1 unspecified atom stereocenters. The van der Waals surface area contributed by atoms with Gasteiger partial charge >= 0.3 is 0 Å². The van der Waals surface area contributed by atoms with Crippen molar-refractivity contribution in [3.63, 3.8) is 0 Å². The summed E-state index contributed by atoms with van der Waals surface area (Å²) in [7, 11) is 0. The van der Waals surface area contributed by atoms with Crippen LogP contribution in [0.3, 0.4) is 0 Å². The largest absolute Gasteiger partial charge is 0.469 e. The molecule has 2 N–H and O–H groups in total. The van der Waals surface area contributed by atoms with E-state index in [9.17, 15) is 0 Å². The Hall–Kier alpha value is -1.02. The lowest BCUT2D eigenvalue weighted by molar-refractivity contribution is 0.0224. The zero-order valence-corrected chi connectivity index (χ0v) is 15.3. The van der Waals surface area contributed by atoms with Gasteiger partial charge in [-0.15, -0.1) is 30.6 Å². The van der Waals surface area contributed by atoms with Crippen LogP contribution in [0.2, 0.25) is 0 Å². The van der Waals surface area contributed by atoms with Crippen molar-refractivity contribution in [2.45, 2.75) is 31.8 Å². The molecule has 6 heteroatoms. The van der Waals surface area contributed by atoms with E-state index in [0.29, 0.717) is 13.1 Å². The van der Waals surface area contributed by atoms with Gasteiger partial charge in [0, 0.05) is 26.1 Å². The molecule has 1 aromatic rings. The second kappa shape index (κ2) is 11.5. The first-order chi connectivity index (χ1) is 10.4. The molecular weight excluding hydrogens is 393 g/mol. The Morgan fingerprint density at radius 3 is 3.00 bits per heavy atom. The Labute approximate surface area is 149 Å². The lowest BCUT2D eigenvalue weighted by atomic mass is 10.1. The Kier molecular flexibility index (Phi) is 9.98. The number of furan rings is 1. The fraction of sp³-hybridized carbons (Fsp3) is 0.562. The van der Waals surface area contributed by atoms with Gasteiger partial charge in [0.25, 0.3) is 0 Å². The fourth-order valence-corrected chi connectivity index (χ4v) is 2.25. The molecule has 1 saturated heterocycles. The van der Waals surface area contributed by atoms with Gasteiger partial charge in [0.1, 0.15) is 5.76 Å². The number of nitrogens with zero attached hydrogens (tertiary/aromatic N) is 1. The highest BCUT2D eigenvalue weighted by Crippen LogP contribution is 2.12. The summed E-state index contributed by atoms with van der Waals surface area (Å²) >= 11 is 0. The Balaban J connectivity index is 0.00000242. The maximum absolute atomic E-state index is 5.70. The van der Waals surface area contributed by atoms with Crippen molar-refractivity contribution in [1.29, 1.82) is 0 Å². The number of ether oxygens (including phenoxy) is 1. The predicted molar refractivity (Wildman–Crippen MR) is 99.9 cm³/mol. The van der Waals surface area contributed by atoms with E-state index in [1.165, 1.54) is 12.8 Å². The van der Waals surface area contributed by atoms with Crippen LogP contribution in [0, 0.1) is 0 Å². The molecule has 2 heterocycles. The van der Waals surface area contributed by atoms with Crippen LogP contribution < -0.4 is 10.6 Å². The molecule has 1 aromatic heterocycles. The molecule has 0 aliphatic carbocycles. The molecule has 124 valence electrons. The monoisotopic (exact) mass is 419 g/mol. The molecule has 22 heavy (non-hydrogen) atoms. The molecule has 2 rings (SSSR count). The van der Waals surface area contributed by atoms with Crippen LogP contribution in [-0.4, -0.2) is 38.3 Å². The summed E-state index contributed by atoms with van der Waals surface area (Å²) in [5.41, 5.74) is 0. The van der Waals surface area contributed by atoms with E-state index in [1.807, 2.05) is 18.2 Å². The molecule has 0 saturated carbocycles. The van der Waals surface area contributed by atoms with Crippen molar-refractivity contribution >= 4 is 29.9 Å². The van der Waals surface area contributed by atoms with Gasteiger partial charge < -0.3 is 19.8 Å². The highest BCUT2D eigenvalue weighted by atomic mass is 127. The van der Waals surface area contributed by atoms with E-state index in [0.717, 1.165) is 37.7 Å². The maximum Gasteiger partial charge on any atom is 0.191 e. The molecule has 5 nitrogen and oxygen atoms in total. The second-order valence-electron chi connectivity index (χ2n) is 5.10. The van der Waals surface area contributed by atoms with E-state index < -0.39 is 0 Å². The van der Waals surface area contributed by atoms with Gasteiger partial charge in [-0.25, -0.2) is 0 Å². The van der Waals surface area contributed by atoms with Gasteiger partial charge in [-0.2, -0.15) is 0 Å². The zero-order valence-electron chi connectivity index (χ0n) is 12.9. The summed E-state index contributed by atoms with van der Waals surface area (Å²) in [5.74, 6) is 1.77. The first-order valence-electron chi connectivity index (χ1n) is 7.65. The number of hydrogen-bond donors (Lipinski definition) is 2. The lowest BCUT2D eigenvalue weighted by Crippen LogP contribution is -2.39. The molecule has 1 fully saturated rings. The third kappa shape index (κ3) is 7.31. The van der Waals surface area contributed by atoms with Crippen LogP contribution in [0.1, 0.15) is 25.0 Å². The van der Waals surface area contributed by atoms with Crippen LogP contribution in [-0.2, 0) is 11.2 Å². The van der Waals surface area contributed by atoms with Crippen LogP contribution in [0.5, 0.6) is 0 Å². The van der Waals surface area contributed by atoms with Crippen molar-refractivity contribution in [2.75, 3.05) is 26.2 Å². The van der Waals surface area contributed by atoms with Gasteiger partial charge in [0.05, 0.1) is 18.9 Å². The smallest absolute Gasteiger partial charge is 0.191 e. The number of guanidine groups is 1. The van der Waals surface area contributed by atoms with Crippen molar-refractivity contribution in [2.24, 2.45) is 4.99 Å². The third-order valence-corrected chi connectivity index (χ3v) is 3.38. The number of halogens is 1. The fourth-order valence-electron chi connectivity index (χ4n) is 2.25. The summed E-state index contributed by atoms with van der Waals surface area (Å²) < 4.78 is 11.0. The molecule has 0 bridgehead atoms. The summed E-state index contributed by atoms with van der Waals surface area (Å²) in [6.45, 7) is 6.76. The molecular formula is C16H26IN3O2. The third-order valence-electron chi connectivity index (χ3n) is 3.38. The standard InChI is InChI=1S/C16H25N3O2.HI/c1-2-9-17-16(18-10-8-14-7-5-12-20-14)19-13-15-6-3-4-11-21-15;/h2,5,7,12,15H,1,3-4,6,8-11,13H2,(H2,17,18,19);1H. The molecule has 0 radical (unpaired) electrons. The average molecular weight is 419 g/mol. The van der Waals surface area contributed by atoms with Gasteiger partial charge in [-0.1, -0.05) is 6.08 Å². The van der Waals surface area contributed by atoms with E-state index in [1.54, 1.807) is 6.26 Å². The maximum atomic E-state index is 5.70. The van der Waals surface area contributed by atoms with Crippen molar-refractivity contribution in [1.82, 2.24) is 10.6 Å². The van der Waals surface area contributed by atoms with Crippen molar-refractivity contribution in [3.05, 3.63) is 36.8 Å². The van der Waals surface area contributed by atoms with E-state index >= 15 is 0 Å². The topological polar surface area (TPSA) is 58.8 Å². The minimum atomic E-state index is 0. The van der Waals surface area contributed by atoms with Crippen LogP contribution in [0.15, 0.2) is 40.5 Å². The van der Waals surface area contributed by atoms with Gasteiger partial charge in [0.2, 0.25) is 0 Å². The van der Waals surface area contributed by atoms with Crippen LogP contribution in [0.4, 0.5) is 0 Å². The molecule has 0 amide bonds. The summed E-state index contributed by atoms with van der Waals surface area (Å²) in [5, 5.41) is 6.53. The number of hydrogen-bond acceptors (Lipinski definition) is 3. The number of rotatable bonds is 7. The van der Waals surface area contributed by atoms with Crippen LogP contribution in [0.25, 0.3) is 0 Å². The number of nitrogens with one attached hydrogen (secondary N) is 2. The summed E-state index contributed by atoms with van der Waals surface area (Å²) in [4.78, 5) is 4.59. The van der Waals surface area contributed by atoms with Gasteiger partial charge in [-0.3, -0.25) is 4.99 Å². The predicted octanol–water partition coefficient (Wildman–Crippen LogP) is 2.73. The Bertz CT molecular complexity index is 429. The van der Waals surface area contributed by atoms with Crippen molar-refractivity contribution in [3.8, 4) is 0 Å². The first kappa shape index (κ1) is 19.0.